The molecule has 2 unspecified atom stereocenters. The molecule has 0 saturated heterocycles. The Bertz CT molecular complexity index is 1690. The Kier molecular flexibility index (Phi) is 8.83. The van der Waals surface area contributed by atoms with Crippen LogP contribution in [0.25, 0.3) is 16.9 Å². The van der Waals surface area contributed by atoms with Gasteiger partial charge in [-0.05, 0) is 49.7 Å². The Morgan fingerprint density at radius 3 is 2.25 bits per heavy atom. The first-order valence-electron chi connectivity index (χ1n) is 12.9. The number of carboxylic acid groups (broad SMARTS) is 1. The van der Waals surface area contributed by atoms with Crippen LogP contribution >= 0.6 is 0 Å². The lowest BCUT2D eigenvalue weighted by molar-refractivity contribution is -0.143. The second-order valence-electron chi connectivity index (χ2n) is 9.74. The number of aromatic nitrogens is 3. The Morgan fingerprint density at radius 1 is 1.02 bits per heavy atom. The molecule has 0 bridgehead atoms. The van der Waals surface area contributed by atoms with Gasteiger partial charge in [-0.1, -0.05) is 6.92 Å². The first-order valence-corrected chi connectivity index (χ1v) is 12.9. The molecule has 3 aromatic heterocycles. The normalized spacial score (nSPS) is 13.5. The van der Waals surface area contributed by atoms with E-state index < -0.39 is 83.3 Å². The number of carbonyl (C=O) groups is 2. The van der Waals surface area contributed by atoms with Gasteiger partial charge in [-0.15, -0.1) is 0 Å². The largest absolute Gasteiger partial charge is 0.480 e. The average molecular weight is 630 g/mol. The summed E-state index contributed by atoms with van der Waals surface area (Å²) in [5, 5.41) is 13.7. The Hall–Kier alpha value is -4.76. The summed E-state index contributed by atoms with van der Waals surface area (Å²) in [5.74, 6) is -6.21. The molecule has 0 fully saturated rings. The van der Waals surface area contributed by atoms with Crippen LogP contribution in [0.4, 0.5) is 40.8 Å². The molecule has 0 aliphatic carbocycles. The molecule has 0 saturated carbocycles. The van der Waals surface area contributed by atoms with Crippen molar-refractivity contribution in [1.82, 2.24) is 19.7 Å². The smallest absolute Gasteiger partial charge is 0.418 e. The van der Waals surface area contributed by atoms with E-state index >= 15 is 0 Å². The van der Waals surface area contributed by atoms with Crippen molar-refractivity contribution in [1.29, 1.82) is 0 Å². The molecule has 44 heavy (non-hydrogen) atoms. The van der Waals surface area contributed by atoms with Gasteiger partial charge in [0.05, 0.1) is 11.3 Å². The molecule has 1 amide bonds. The predicted octanol–water partition coefficient (Wildman–Crippen LogP) is 6.18. The SMILES string of the molecule is CCC(Nc1cc(F)c(C(=O)NC(Cc2ccc(-c3nc(C)ccc3C(F)(F)F)c3nccn23)C(=O)O)c(F)c1)C(F)(F)F. The number of rotatable bonds is 9. The second kappa shape index (κ2) is 12.1. The highest BCUT2D eigenvalue weighted by molar-refractivity contribution is 5.97. The Morgan fingerprint density at radius 2 is 1.68 bits per heavy atom. The third-order valence-corrected chi connectivity index (χ3v) is 6.66. The van der Waals surface area contributed by atoms with Crippen LogP contribution in [-0.2, 0) is 17.4 Å². The van der Waals surface area contributed by atoms with Crippen molar-refractivity contribution in [2.45, 2.75) is 51.1 Å². The minimum Gasteiger partial charge on any atom is -0.480 e. The number of aryl methyl sites for hydroxylation is 1. The standard InChI is InChI=1S/C28H23F8N5O3/c1-3-21(28(34,35)36)39-14-10-18(29)22(19(30)11-14)25(42)40-20(26(43)44)12-15-5-6-16(24-37-8-9-41(15)24)23-17(27(31,32)33)7-4-13(2)38-23/h4-11,20-21,39H,3,12H2,1-2H3,(H,40,42)(H,43,44). The number of benzene rings is 1. The van der Waals surface area contributed by atoms with Crippen LogP contribution in [0.1, 0.15) is 40.7 Å². The molecule has 0 aliphatic heterocycles. The van der Waals surface area contributed by atoms with E-state index in [9.17, 15) is 49.8 Å². The highest BCUT2D eigenvalue weighted by Gasteiger charge is 2.39. The van der Waals surface area contributed by atoms with Crippen LogP contribution < -0.4 is 10.6 Å². The number of carbonyl (C=O) groups excluding carboxylic acids is 1. The molecule has 234 valence electrons. The van der Waals surface area contributed by atoms with E-state index in [-0.39, 0.29) is 16.9 Å². The molecule has 0 aliphatic rings. The number of fused-ring (bicyclic) bond motifs is 1. The van der Waals surface area contributed by atoms with E-state index in [0.717, 1.165) is 6.07 Å². The number of hydrogen-bond donors (Lipinski definition) is 3. The van der Waals surface area contributed by atoms with E-state index in [1.807, 2.05) is 10.6 Å². The number of imidazole rings is 1. The van der Waals surface area contributed by atoms with Gasteiger partial charge >= 0.3 is 18.3 Å². The molecule has 1 aromatic carbocycles. The average Bonchev–Trinajstić information content (AvgIpc) is 3.40. The molecule has 4 rings (SSSR count). The molecule has 16 heteroatoms. The first kappa shape index (κ1) is 32.2. The molecular formula is C28H23F8N5O3. The summed E-state index contributed by atoms with van der Waals surface area (Å²) in [5.41, 5.74) is -2.83. The fraction of sp³-hybridized carbons (Fsp3) is 0.286. The minimum atomic E-state index is -4.74. The minimum absolute atomic E-state index is 0.00835. The zero-order valence-electron chi connectivity index (χ0n) is 22.8. The van der Waals surface area contributed by atoms with Crippen LogP contribution in [0.15, 0.2) is 48.8 Å². The van der Waals surface area contributed by atoms with Crippen molar-refractivity contribution in [2.24, 2.45) is 0 Å². The van der Waals surface area contributed by atoms with Gasteiger partial charge < -0.3 is 20.1 Å². The molecule has 3 heterocycles. The van der Waals surface area contributed by atoms with Crippen molar-refractivity contribution < 1.29 is 49.8 Å². The van der Waals surface area contributed by atoms with E-state index in [1.54, 1.807) is 0 Å². The van der Waals surface area contributed by atoms with Gasteiger partial charge in [-0.3, -0.25) is 9.78 Å². The molecule has 8 nitrogen and oxygen atoms in total. The number of anilines is 1. The van der Waals surface area contributed by atoms with Crippen molar-refractivity contribution >= 4 is 23.2 Å². The van der Waals surface area contributed by atoms with Crippen molar-refractivity contribution in [2.75, 3.05) is 5.32 Å². The third kappa shape index (κ3) is 6.73. The summed E-state index contributed by atoms with van der Waals surface area (Å²) in [6.07, 6.45) is -7.83. The van der Waals surface area contributed by atoms with Gasteiger partial charge in [-0.25, -0.2) is 18.6 Å². The molecule has 2 atom stereocenters. The van der Waals surface area contributed by atoms with Crippen LogP contribution in [0, 0.1) is 18.6 Å². The maximum atomic E-state index is 14.7. The van der Waals surface area contributed by atoms with Gasteiger partial charge in [0.15, 0.2) is 0 Å². The monoisotopic (exact) mass is 629 g/mol. The van der Waals surface area contributed by atoms with E-state index in [0.29, 0.717) is 17.8 Å². The summed E-state index contributed by atoms with van der Waals surface area (Å²) in [6.45, 7) is 2.71. The van der Waals surface area contributed by atoms with Gasteiger partial charge in [0.1, 0.15) is 34.9 Å². The predicted molar refractivity (Wildman–Crippen MR) is 141 cm³/mol. The molecular weight excluding hydrogens is 606 g/mol. The maximum absolute atomic E-state index is 14.7. The number of halogens is 8. The highest BCUT2D eigenvalue weighted by atomic mass is 19.4. The number of alkyl halides is 6. The lowest BCUT2D eigenvalue weighted by Gasteiger charge is -2.22. The van der Waals surface area contributed by atoms with E-state index in [1.165, 1.54) is 48.8 Å². The Balaban J connectivity index is 1.63. The highest BCUT2D eigenvalue weighted by Crippen LogP contribution is 2.37. The molecule has 3 N–H and O–H groups in total. The van der Waals surface area contributed by atoms with E-state index in [2.05, 4.69) is 9.97 Å². The quantitative estimate of drug-likeness (QED) is 0.191. The fourth-order valence-electron chi connectivity index (χ4n) is 4.54. The van der Waals surface area contributed by atoms with Crippen LogP contribution in [0.2, 0.25) is 0 Å². The summed E-state index contributed by atoms with van der Waals surface area (Å²) in [6, 6.07) is 1.66. The number of nitrogens with one attached hydrogen (secondary N) is 2. The summed E-state index contributed by atoms with van der Waals surface area (Å²) in [7, 11) is 0. The zero-order chi connectivity index (χ0) is 32.6. The fourth-order valence-corrected chi connectivity index (χ4v) is 4.54. The van der Waals surface area contributed by atoms with Crippen LogP contribution in [-0.4, -0.2) is 49.6 Å². The number of hydrogen-bond acceptors (Lipinski definition) is 5. The number of aliphatic carboxylic acids is 1. The number of nitrogens with zero attached hydrogens (tertiary/aromatic N) is 3. The van der Waals surface area contributed by atoms with Crippen LogP contribution in [0.5, 0.6) is 0 Å². The van der Waals surface area contributed by atoms with Gasteiger partial charge in [0.2, 0.25) is 0 Å². The third-order valence-electron chi connectivity index (χ3n) is 6.66. The summed E-state index contributed by atoms with van der Waals surface area (Å²) < 4.78 is 111. The van der Waals surface area contributed by atoms with Crippen molar-refractivity contribution in [3.63, 3.8) is 0 Å². The number of amides is 1. The van der Waals surface area contributed by atoms with Crippen LogP contribution in [0.3, 0.4) is 0 Å². The van der Waals surface area contributed by atoms with Gasteiger partial charge in [0, 0.05) is 41.5 Å². The zero-order valence-corrected chi connectivity index (χ0v) is 22.8. The lowest BCUT2D eigenvalue weighted by atomic mass is 10.0. The lowest BCUT2D eigenvalue weighted by Crippen LogP contribution is -2.43. The number of carboxylic acids is 1. The van der Waals surface area contributed by atoms with E-state index in [4.69, 9.17) is 0 Å². The van der Waals surface area contributed by atoms with Crippen molar-refractivity contribution in [3.8, 4) is 11.3 Å². The topological polar surface area (TPSA) is 109 Å². The summed E-state index contributed by atoms with van der Waals surface area (Å²) >= 11 is 0. The number of pyridine rings is 2. The molecule has 4 aromatic rings. The Labute approximate surface area is 243 Å². The first-order chi connectivity index (χ1) is 20.5. The molecule has 0 spiro atoms. The summed E-state index contributed by atoms with van der Waals surface area (Å²) in [4.78, 5) is 32.9. The molecule has 0 radical (unpaired) electrons. The van der Waals surface area contributed by atoms with Gasteiger partial charge in [0.25, 0.3) is 5.91 Å². The van der Waals surface area contributed by atoms with Crippen molar-refractivity contribution in [3.05, 3.63) is 82.9 Å². The second-order valence-corrected chi connectivity index (χ2v) is 9.74. The van der Waals surface area contributed by atoms with Gasteiger partial charge in [-0.2, -0.15) is 26.3 Å². The maximum Gasteiger partial charge on any atom is 0.418 e.